The molecule has 112 valence electrons. The van der Waals surface area contributed by atoms with E-state index in [-0.39, 0.29) is 11.4 Å². The van der Waals surface area contributed by atoms with Crippen LogP contribution in [0.5, 0.6) is 0 Å². The molecule has 1 N–H and O–H groups in total. The van der Waals surface area contributed by atoms with Crippen LogP contribution in [0.25, 0.3) is 0 Å². The van der Waals surface area contributed by atoms with Crippen LogP contribution in [0.4, 0.5) is 14.5 Å². The highest BCUT2D eigenvalue weighted by Gasteiger charge is 2.08. The molecule has 0 unspecified atom stereocenters. The summed E-state index contributed by atoms with van der Waals surface area (Å²) in [6.07, 6.45) is 0. The quantitative estimate of drug-likeness (QED) is 0.914. The Balaban J connectivity index is 1.82. The second-order valence-electron chi connectivity index (χ2n) is 4.47. The Morgan fingerprint density at radius 1 is 1.18 bits per heavy atom. The van der Waals surface area contributed by atoms with Gasteiger partial charge in [0.2, 0.25) is 5.91 Å². The highest BCUT2D eigenvalue weighted by molar-refractivity contribution is 7.99. The van der Waals surface area contributed by atoms with Gasteiger partial charge in [-0.3, -0.25) is 4.79 Å². The highest BCUT2D eigenvalue weighted by atomic mass is 32.2. The molecule has 0 aliphatic rings. The summed E-state index contributed by atoms with van der Waals surface area (Å²) >= 11 is 1.35. The first-order chi connectivity index (χ1) is 10.6. The maximum Gasteiger partial charge on any atom is 0.234 e. The minimum Gasteiger partial charge on any atom is -0.323 e. The number of carbonyl (C=O) groups is 1. The van der Waals surface area contributed by atoms with Gasteiger partial charge in [-0.05, 0) is 29.8 Å². The molecule has 22 heavy (non-hydrogen) atoms. The van der Waals surface area contributed by atoms with Gasteiger partial charge < -0.3 is 5.32 Å². The molecule has 0 bridgehead atoms. The molecule has 0 aliphatic heterocycles. The van der Waals surface area contributed by atoms with E-state index in [9.17, 15) is 13.6 Å². The molecule has 2 aromatic carbocycles. The number of hydrogen-bond donors (Lipinski definition) is 1. The van der Waals surface area contributed by atoms with Crippen molar-refractivity contribution < 1.29 is 13.6 Å². The number of halogens is 2. The fourth-order valence-electron chi connectivity index (χ4n) is 1.72. The van der Waals surface area contributed by atoms with Crippen LogP contribution in [0.2, 0.25) is 0 Å². The monoisotopic (exact) mass is 318 g/mol. The van der Waals surface area contributed by atoms with Gasteiger partial charge >= 0.3 is 0 Å². The Morgan fingerprint density at radius 3 is 2.59 bits per heavy atom. The third-order valence-electron chi connectivity index (χ3n) is 2.79. The van der Waals surface area contributed by atoms with E-state index in [1.165, 1.54) is 11.8 Å². The Labute approximate surface area is 131 Å². The summed E-state index contributed by atoms with van der Waals surface area (Å²) in [6, 6.07) is 12.0. The van der Waals surface area contributed by atoms with Crippen molar-refractivity contribution in [2.75, 3.05) is 11.1 Å². The molecule has 2 rings (SSSR count). The summed E-state index contributed by atoms with van der Waals surface area (Å²) < 4.78 is 26.4. The largest absolute Gasteiger partial charge is 0.323 e. The van der Waals surface area contributed by atoms with Gasteiger partial charge in [0.15, 0.2) is 0 Å². The third-order valence-corrected chi connectivity index (χ3v) is 3.79. The summed E-state index contributed by atoms with van der Waals surface area (Å²) in [5.41, 5.74) is 1.39. The molecular weight excluding hydrogens is 306 g/mol. The molecule has 0 saturated carbocycles. The summed E-state index contributed by atoms with van der Waals surface area (Å²) in [7, 11) is 0. The first-order valence-corrected chi connectivity index (χ1v) is 7.55. The lowest BCUT2D eigenvalue weighted by molar-refractivity contribution is -0.113. The number of rotatable bonds is 5. The second-order valence-corrected chi connectivity index (χ2v) is 5.46. The molecule has 0 atom stereocenters. The van der Waals surface area contributed by atoms with E-state index in [1.54, 1.807) is 12.1 Å². The predicted octanol–water partition coefficient (Wildman–Crippen LogP) is 3.71. The zero-order valence-electron chi connectivity index (χ0n) is 11.5. The fraction of sp³-hybridized carbons (Fsp3) is 0.125. The molecule has 0 spiro atoms. The standard InChI is InChI=1S/C16H12F2N2OS/c17-13-5-6-14(18)15(7-13)20-16(21)10-22-9-12-3-1-11(8-19)2-4-12/h1-7H,9-10H2,(H,20,21). The van der Waals surface area contributed by atoms with E-state index in [2.05, 4.69) is 5.32 Å². The Hall–Kier alpha value is -2.39. The highest BCUT2D eigenvalue weighted by Crippen LogP contribution is 2.17. The van der Waals surface area contributed by atoms with E-state index in [1.807, 2.05) is 18.2 Å². The maximum atomic E-state index is 13.4. The number of carbonyl (C=O) groups excluding carboxylic acids is 1. The first-order valence-electron chi connectivity index (χ1n) is 6.40. The average molecular weight is 318 g/mol. The van der Waals surface area contributed by atoms with Crippen LogP contribution in [0.3, 0.4) is 0 Å². The van der Waals surface area contributed by atoms with Crippen LogP contribution in [-0.4, -0.2) is 11.7 Å². The smallest absolute Gasteiger partial charge is 0.234 e. The van der Waals surface area contributed by atoms with Gasteiger partial charge in [-0.1, -0.05) is 12.1 Å². The van der Waals surface area contributed by atoms with Crippen molar-refractivity contribution in [3.63, 3.8) is 0 Å². The number of amides is 1. The SMILES string of the molecule is N#Cc1ccc(CSCC(=O)Nc2cc(F)ccc2F)cc1. The Bertz CT molecular complexity index is 711. The summed E-state index contributed by atoms with van der Waals surface area (Å²) in [6.45, 7) is 0. The summed E-state index contributed by atoms with van der Waals surface area (Å²) in [5.74, 6) is -0.974. The van der Waals surface area contributed by atoms with Crippen molar-refractivity contribution in [1.29, 1.82) is 5.26 Å². The van der Waals surface area contributed by atoms with E-state index < -0.39 is 17.5 Å². The molecule has 0 aliphatic carbocycles. The molecule has 3 nitrogen and oxygen atoms in total. The minimum atomic E-state index is -0.674. The number of nitrogens with one attached hydrogen (secondary N) is 1. The molecule has 0 heterocycles. The Kier molecular flexibility index (Phi) is 5.50. The van der Waals surface area contributed by atoms with Crippen LogP contribution in [0, 0.1) is 23.0 Å². The van der Waals surface area contributed by atoms with Crippen molar-refractivity contribution in [2.45, 2.75) is 5.75 Å². The first kappa shape index (κ1) is 16.0. The molecular formula is C16H12F2N2OS. The van der Waals surface area contributed by atoms with E-state index >= 15 is 0 Å². The van der Waals surface area contributed by atoms with Crippen LogP contribution < -0.4 is 5.32 Å². The number of anilines is 1. The van der Waals surface area contributed by atoms with Crippen LogP contribution in [-0.2, 0) is 10.5 Å². The lowest BCUT2D eigenvalue weighted by Gasteiger charge is -2.06. The van der Waals surface area contributed by atoms with Gasteiger partial charge in [0.1, 0.15) is 11.6 Å². The van der Waals surface area contributed by atoms with Crippen LogP contribution >= 0.6 is 11.8 Å². The number of thioether (sulfide) groups is 1. The fourth-order valence-corrected chi connectivity index (χ4v) is 2.50. The average Bonchev–Trinajstić information content (AvgIpc) is 2.51. The normalized spacial score (nSPS) is 10.0. The van der Waals surface area contributed by atoms with Gasteiger partial charge in [0.25, 0.3) is 0 Å². The van der Waals surface area contributed by atoms with E-state index in [0.29, 0.717) is 11.3 Å². The number of benzene rings is 2. The van der Waals surface area contributed by atoms with Gasteiger partial charge in [0, 0.05) is 11.8 Å². The van der Waals surface area contributed by atoms with E-state index in [4.69, 9.17) is 5.26 Å². The zero-order valence-corrected chi connectivity index (χ0v) is 12.3. The third kappa shape index (κ3) is 4.57. The molecule has 2 aromatic rings. The minimum absolute atomic E-state index is 0.121. The number of nitriles is 1. The number of hydrogen-bond acceptors (Lipinski definition) is 3. The van der Waals surface area contributed by atoms with Crippen molar-refractivity contribution in [2.24, 2.45) is 0 Å². The van der Waals surface area contributed by atoms with Crippen molar-refractivity contribution in [3.05, 3.63) is 65.2 Å². The summed E-state index contributed by atoms with van der Waals surface area (Å²) in [4.78, 5) is 11.7. The molecule has 0 radical (unpaired) electrons. The lowest BCUT2D eigenvalue weighted by atomic mass is 10.2. The maximum absolute atomic E-state index is 13.4. The zero-order chi connectivity index (χ0) is 15.9. The molecule has 0 saturated heterocycles. The molecule has 6 heteroatoms. The topological polar surface area (TPSA) is 52.9 Å². The van der Waals surface area contributed by atoms with Crippen molar-refractivity contribution in [3.8, 4) is 6.07 Å². The van der Waals surface area contributed by atoms with Crippen molar-refractivity contribution in [1.82, 2.24) is 0 Å². The number of nitrogens with zero attached hydrogens (tertiary/aromatic N) is 1. The molecule has 1 amide bonds. The molecule has 0 aromatic heterocycles. The molecule has 0 fully saturated rings. The van der Waals surface area contributed by atoms with Gasteiger partial charge in [-0.2, -0.15) is 5.26 Å². The second kappa shape index (κ2) is 7.57. The van der Waals surface area contributed by atoms with Crippen molar-refractivity contribution >= 4 is 23.4 Å². The van der Waals surface area contributed by atoms with E-state index in [0.717, 1.165) is 23.8 Å². The summed E-state index contributed by atoms with van der Waals surface area (Å²) in [5, 5.41) is 11.0. The predicted molar refractivity (Wildman–Crippen MR) is 82.3 cm³/mol. The van der Waals surface area contributed by atoms with Gasteiger partial charge in [-0.15, -0.1) is 11.8 Å². The van der Waals surface area contributed by atoms with Gasteiger partial charge in [-0.25, -0.2) is 8.78 Å². The van der Waals surface area contributed by atoms with Crippen LogP contribution in [0.15, 0.2) is 42.5 Å². The Morgan fingerprint density at radius 2 is 1.91 bits per heavy atom. The lowest BCUT2D eigenvalue weighted by Crippen LogP contribution is -2.15. The van der Waals surface area contributed by atoms with Gasteiger partial charge in [0.05, 0.1) is 23.1 Å². The van der Waals surface area contributed by atoms with Crippen LogP contribution in [0.1, 0.15) is 11.1 Å².